The van der Waals surface area contributed by atoms with Gasteiger partial charge in [0.25, 0.3) is 0 Å². The Hall–Kier alpha value is -1.13. The Morgan fingerprint density at radius 3 is 3.00 bits per heavy atom. The zero-order valence-electron chi connectivity index (χ0n) is 14.1. The van der Waals surface area contributed by atoms with Gasteiger partial charge in [0.1, 0.15) is 6.10 Å². The first-order valence-electron chi connectivity index (χ1n) is 8.63. The second-order valence-electron chi connectivity index (χ2n) is 7.03. The minimum Gasteiger partial charge on any atom is -0.372 e. The van der Waals surface area contributed by atoms with Crippen LogP contribution in [0.5, 0.6) is 0 Å². The summed E-state index contributed by atoms with van der Waals surface area (Å²) in [5.74, 6) is 1.50. The predicted molar refractivity (Wildman–Crippen MR) is 88.6 cm³/mol. The molecule has 2 aliphatic rings. The maximum Gasteiger partial charge on any atom is 0.100 e. The van der Waals surface area contributed by atoms with Crippen LogP contribution in [-0.4, -0.2) is 28.7 Å². The molecule has 1 aliphatic heterocycles. The molecule has 4 heteroatoms. The van der Waals surface area contributed by atoms with Crippen LogP contribution in [0.2, 0.25) is 0 Å². The van der Waals surface area contributed by atoms with Crippen molar-refractivity contribution in [3.63, 3.8) is 0 Å². The van der Waals surface area contributed by atoms with E-state index in [1.807, 2.05) is 19.6 Å². The summed E-state index contributed by atoms with van der Waals surface area (Å²) in [5, 5.41) is 3.81. The molecular formula is C18H29N3O. The van der Waals surface area contributed by atoms with Gasteiger partial charge in [-0.25, -0.2) is 4.98 Å². The molecule has 1 aromatic rings. The molecule has 1 aromatic heterocycles. The summed E-state index contributed by atoms with van der Waals surface area (Å²) >= 11 is 0. The highest BCUT2D eigenvalue weighted by atomic mass is 16.5. The first kappa shape index (κ1) is 15.8. The fourth-order valence-electron chi connectivity index (χ4n) is 3.90. The molecule has 1 fully saturated rings. The summed E-state index contributed by atoms with van der Waals surface area (Å²) in [7, 11) is 2.04. The number of rotatable bonds is 4. The molecular weight excluding hydrogens is 274 g/mol. The number of ether oxygens (including phenoxy) is 1. The average molecular weight is 303 g/mol. The van der Waals surface area contributed by atoms with Gasteiger partial charge in [0.15, 0.2) is 0 Å². The van der Waals surface area contributed by atoms with E-state index in [0.29, 0.717) is 12.0 Å². The second-order valence-corrected chi connectivity index (χ2v) is 7.03. The second kappa shape index (κ2) is 6.97. The van der Waals surface area contributed by atoms with Crippen molar-refractivity contribution in [3.05, 3.63) is 29.9 Å². The topological polar surface area (TPSA) is 39.1 Å². The van der Waals surface area contributed by atoms with Gasteiger partial charge in [-0.3, -0.25) is 0 Å². The van der Waals surface area contributed by atoms with Crippen LogP contribution >= 0.6 is 0 Å². The largest absolute Gasteiger partial charge is 0.372 e. The van der Waals surface area contributed by atoms with E-state index in [1.165, 1.54) is 18.5 Å². The smallest absolute Gasteiger partial charge is 0.100 e. The summed E-state index contributed by atoms with van der Waals surface area (Å²) in [4.78, 5) is 4.22. The SMILES string of the molecule is CC1=CCC[C@H](C)[C@@H]1CN[C@H]1CCO[C@H](c2cncn2C)C1. The van der Waals surface area contributed by atoms with Crippen LogP contribution in [0.3, 0.4) is 0 Å². The van der Waals surface area contributed by atoms with Gasteiger partial charge in [-0.2, -0.15) is 0 Å². The number of hydrogen-bond acceptors (Lipinski definition) is 3. The summed E-state index contributed by atoms with van der Waals surface area (Å²) in [6.45, 7) is 6.63. The quantitative estimate of drug-likeness (QED) is 0.868. The fraction of sp³-hybridized carbons (Fsp3) is 0.722. The number of allylic oxidation sites excluding steroid dienone is 1. The van der Waals surface area contributed by atoms with Gasteiger partial charge in [0.05, 0.1) is 18.2 Å². The summed E-state index contributed by atoms with van der Waals surface area (Å²) in [6, 6.07) is 0.551. The Kier molecular flexibility index (Phi) is 4.99. The van der Waals surface area contributed by atoms with Gasteiger partial charge >= 0.3 is 0 Å². The minimum absolute atomic E-state index is 0.180. The molecule has 0 saturated carbocycles. The van der Waals surface area contributed by atoms with Crippen molar-refractivity contribution >= 4 is 0 Å². The lowest BCUT2D eigenvalue weighted by Gasteiger charge is -2.34. The van der Waals surface area contributed by atoms with Gasteiger partial charge in [-0.1, -0.05) is 18.6 Å². The molecule has 0 unspecified atom stereocenters. The maximum absolute atomic E-state index is 5.96. The Balaban J connectivity index is 1.56. The molecule has 3 rings (SSSR count). The first-order valence-corrected chi connectivity index (χ1v) is 8.63. The molecule has 0 bridgehead atoms. The Labute approximate surface area is 134 Å². The van der Waals surface area contributed by atoms with E-state index in [2.05, 4.69) is 34.8 Å². The maximum atomic E-state index is 5.96. The molecule has 122 valence electrons. The number of imidazole rings is 1. The Morgan fingerprint density at radius 1 is 1.41 bits per heavy atom. The van der Waals surface area contributed by atoms with E-state index in [0.717, 1.165) is 31.9 Å². The summed E-state index contributed by atoms with van der Waals surface area (Å²) in [5.41, 5.74) is 2.76. The zero-order valence-corrected chi connectivity index (χ0v) is 14.1. The van der Waals surface area contributed by atoms with Crippen LogP contribution in [0.25, 0.3) is 0 Å². The number of hydrogen-bond donors (Lipinski definition) is 1. The lowest BCUT2D eigenvalue weighted by Crippen LogP contribution is -2.40. The van der Waals surface area contributed by atoms with E-state index in [4.69, 9.17) is 4.74 Å². The molecule has 1 N–H and O–H groups in total. The van der Waals surface area contributed by atoms with Gasteiger partial charge in [-0.15, -0.1) is 0 Å². The molecule has 4 atom stereocenters. The van der Waals surface area contributed by atoms with E-state index < -0.39 is 0 Å². The van der Waals surface area contributed by atoms with E-state index >= 15 is 0 Å². The highest BCUT2D eigenvalue weighted by Crippen LogP contribution is 2.31. The monoisotopic (exact) mass is 303 g/mol. The van der Waals surface area contributed by atoms with Gasteiger partial charge < -0.3 is 14.6 Å². The van der Waals surface area contributed by atoms with Crippen LogP contribution in [0.1, 0.15) is 51.3 Å². The van der Waals surface area contributed by atoms with Gasteiger partial charge in [0.2, 0.25) is 0 Å². The molecule has 0 radical (unpaired) electrons. The van der Waals surface area contributed by atoms with Crippen LogP contribution in [0, 0.1) is 11.8 Å². The molecule has 1 saturated heterocycles. The molecule has 2 heterocycles. The van der Waals surface area contributed by atoms with Crippen molar-refractivity contribution in [1.82, 2.24) is 14.9 Å². The fourth-order valence-corrected chi connectivity index (χ4v) is 3.90. The average Bonchev–Trinajstić information content (AvgIpc) is 2.93. The van der Waals surface area contributed by atoms with Crippen molar-refractivity contribution in [3.8, 4) is 0 Å². The number of aromatic nitrogens is 2. The molecule has 0 spiro atoms. The highest BCUT2D eigenvalue weighted by Gasteiger charge is 2.27. The van der Waals surface area contributed by atoms with Gasteiger partial charge in [-0.05, 0) is 44.4 Å². The lowest BCUT2D eigenvalue weighted by molar-refractivity contribution is -0.00444. The van der Waals surface area contributed by atoms with Crippen LogP contribution in [-0.2, 0) is 11.8 Å². The van der Waals surface area contributed by atoms with Crippen molar-refractivity contribution in [1.29, 1.82) is 0 Å². The number of nitrogens with zero attached hydrogens (tertiary/aromatic N) is 2. The third-order valence-electron chi connectivity index (χ3n) is 5.45. The van der Waals surface area contributed by atoms with Crippen LogP contribution in [0.4, 0.5) is 0 Å². The third-order valence-corrected chi connectivity index (χ3v) is 5.45. The van der Waals surface area contributed by atoms with Crippen molar-refractivity contribution < 1.29 is 4.74 Å². The Bertz CT molecular complexity index is 522. The Morgan fingerprint density at radius 2 is 2.27 bits per heavy atom. The van der Waals surface area contributed by atoms with E-state index in [1.54, 1.807) is 5.57 Å². The molecule has 22 heavy (non-hydrogen) atoms. The highest BCUT2D eigenvalue weighted by molar-refractivity contribution is 5.10. The van der Waals surface area contributed by atoms with Crippen LogP contribution < -0.4 is 5.32 Å². The standard InChI is InChI=1S/C18H29N3O/c1-13-5-4-6-14(2)16(13)10-20-15-7-8-22-18(9-15)17-11-19-12-21(17)3/h5,11-12,14-16,18,20H,4,6-10H2,1-3H3/t14-,15-,16+,18-/m0/s1. The molecule has 4 nitrogen and oxygen atoms in total. The van der Waals surface area contributed by atoms with Gasteiger partial charge in [0, 0.05) is 26.2 Å². The number of nitrogens with one attached hydrogen (secondary N) is 1. The minimum atomic E-state index is 0.180. The predicted octanol–water partition coefficient (Wildman–Crippen LogP) is 3.22. The number of aryl methyl sites for hydroxylation is 1. The van der Waals surface area contributed by atoms with E-state index in [-0.39, 0.29) is 6.10 Å². The first-order chi connectivity index (χ1) is 10.6. The van der Waals surface area contributed by atoms with Crippen molar-refractivity contribution in [2.24, 2.45) is 18.9 Å². The third kappa shape index (κ3) is 3.44. The van der Waals surface area contributed by atoms with Crippen LogP contribution in [0.15, 0.2) is 24.2 Å². The molecule has 0 aromatic carbocycles. The molecule has 0 amide bonds. The summed E-state index contributed by atoms with van der Waals surface area (Å²) < 4.78 is 8.03. The zero-order chi connectivity index (χ0) is 15.5. The summed E-state index contributed by atoms with van der Waals surface area (Å²) in [6.07, 6.45) is 11.1. The van der Waals surface area contributed by atoms with E-state index in [9.17, 15) is 0 Å². The van der Waals surface area contributed by atoms with Crippen molar-refractivity contribution in [2.75, 3.05) is 13.2 Å². The molecule has 1 aliphatic carbocycles. The lowest BCUT2D eigenvalue weighted by atomic mass is 9.80. The normalized spacial score (nSPS) is 32.8. The van der Waals surface area contributed by atoms with Crippen molar-refractivity contribution in [2.45, 2.75) is 51.7 Å².